The van der Waals surface area contributed by atoms with Crippen molar-refractivity contribution in [2.45, 2.75) is 19.3 Å². The van der Waals surface area contributed by atoms with Crippen molar-refractivity contribution < 1.29 is 29.3 Å². The predicted molar refractivity (Wildman–Crippen MR) is 79.6 cm³/mol. The molecular weight excluding hydrogens is 292 g/mol. The van der Waals surface area contributed by atoms with Crippen LogP contribution in [0.1, 0.15) is 19.3 Å². The van der Waals surface area contributed by atoms with E-state index < -0.39 is 5.97 Å². The lowest BCUT2D eigenvalue weighted by atomic mass is 10.1. The largest absolute Gasteiger partial charge is 0.483 e. The summed E-state index contributed by atoms with van der Waals surface area (Å²) in [7, 11) is 4.01. The molecule has 2 N–H and O–H groups in total. The van der Waals surface area contributed by atoms with Gasteiger partial charge in [0.1, 0.15) is 0 Å². The van der Waals surface area contributed by atoms with Crippen molar-refractivity contribution in [1.82, 2.24) is 9.80 Å². The number of nitrogens with zero attached hydrogens (tertiary/aromatic N) is 2. The van der Waals surface area contributed by atoms with Gasteiger partial charge in [-0.1, -0.05) is 0 Å². The fourth-order valence-corrected chi connectivity index (χ4v) is 2.28. The van der Waals surface area contributed by atoms with Gasteiger partial charge < -0.3 is 24.7 Å². The van der Waals surface area contributed by atoms with E-state index >= 15 is 0 Å². The van der Waals surface area contributed by atoms with Crippen molar-refractivity contribution in [2.24, 2.45) is 5.92 Å². The molecule has 22 heavy (non-hydrogen) atoms. The summed E-state index contributed by atoms with van der Waals surface area (Å²) < 4.78 is 5.52. The van der Waals surface area contributed by atoms with Crippen LogP contribution < -0.4 is 0 Å². The normalized spacial score (nSPS) is 18.1. The van der Waals surface area contributed by atoms with Gasteiger partial charge in [0.25, 0.3) is 6.47 Å². The summed E-state index contributed by atoms with van der Waals surface area (Å²) in [5, 5.41) is 15.5. The van der Waals surface area contributed by atoms with E-state index in [1.165, 1.54) is 0 Å². The standard InChI is InChI=1S/C13H24N2O4.CH2O2/c1-14(2)8-11-9-15(6-7-19-10-11)12(16)4-3-5-13(17)18;2-1-3/h11H,3-10H2,1-2H3,(H,17,18);1H,(H,2,3). The summed E-state index contributed by atoms with van der Waals surface area (Å²) in [6, 6.07) is 0. The highest BCUT2D eigenvalue weighted by Gasteiger charge is 2.22. The molecule has 1 rings (SSSR count). The van der Waals surface area contributed by atoms with Gasteiger partial charge in [-0.3, -0.25) is 14.4 Å². The molecule has 1 amide bonds. The molecule has 1 aliphatic rings. The van der Waals surface area contributed by atoms with Crippen LogP contribution in [0.5, 0.6) is 0 Å². The van der Waals surface area contributed by atoms with Crippen molar-refractivity contribution in [1.29, 1.82) is 0 Å². The quantitative estimate of drug-likeness (QED) is 0.663. The van der Waals surface area contributed by atoms with Crippen LogP contribution in [0.4, 0.5) is 0 Å². The van der Waals surface area contributed by atoms with Gasteiger partial charge in [0.05, 0.1) is 13.2 Å². The summed E-state index contributed by atoms with van der Waals surface area (Å²) in [4.78, 5) is 34.7. The summed E-state index contributed by atoms with van der Waals surface area (Å²) in [6.07, 6.45) is 0.766. The minimum atomic E-state index is -0.850. The zero-order valence-electron chi connectivity index (χ0n) is 13.2. The minimum Gasteiger partial charge on any atom is -0.483 e. The smallest absolute Gasteiger partial charge is 0.303 e. The molecule has 0 radical (unpaired) electrons. The van der Waals surface area contributed by atoms with E-state index in [0.717, 1.165) is 6.54 Å². The van der Waals surface area contributed by atoms with Crippen LogP contribution in [-0.4, -0.2) is 85.3 Å². The molecular formula is C14H26N2O6. The molecule has 8 heteroatoms. The number of carboxylic acids is 1. The molecule has 1 saturated heterocycles. The van der Waals surface area contributed by atoms with Gasteiger partial charge in [-0.15, -0.1) is 0 Å². The maximum absolute atomic E-state index is 12.0. The number of carbonyl (C=O) groups is 3. The summed E-state index contributed by atoms with van der Waals surface area (Å²) in [5.74, 6) is -0.492. The second kappa shape index (κ2) is 11.9. The van der Waals surface area contributed by atoms with Crippen LogP contribution in [0.2, 0.25) is 0 Å². The van der Waals surface area contributed by atoms with E-state index in [1.54, 1.807) is 0 Å². The molecule has 8 nitrogen and oxygen atoms in total. The first-order valence-electron chi connectivity index (χ1n) is 7.20. The first-order chi connectivity index (χ1) is 10.4. The van der Waals surface area contributed by atoms with Gasteiger partial charge in [-0.05, 0) is 20.5 Å². The van der Waals surface area contributed by atoms with Gasteiger partial charge in [0, 0.05) is 38.4 Å². The van der Waals surface area contributed by atoms with Crippen LogP contribution in [0.25, 0.3) is 0 Å². The molecule has 1 heterocycles. The fraction of sp³-hybridized carbons (Fsp3) is 0.786. The Labute approximate surface area is 130 Å². The highest BCUT2D eigenvalue weighted by Crippen LogP contribution is 2.10. The van der Waals surface area contributed by atoms with Crippen molar-refractivity contribution in [3.63, 3.8) is 0 Å². The molecule has 1 unspecified atom stereocenters. The monoisotopic (exact) mass is 318 g/mol. The van der Waals surface area contributed by atoms with Crippen LogP contribution >= 0.6 is 0 Å². The number of carboxylic acid groups (broad SMARTS) is 2. The second-order valence-electron chi connectivity index (χ2n) is 5.40. The van der Waals surface area contributed by atoms with Crippen LogP contribution in [-0.2, 0) is 19.1 Å². The van der Waals surface area contributed by atoms with Crippen molar-refractivity contribution in [3.8, 4) is 0 Å². The Hall–Kier alpha value is -1.67. The summed E-state index contributed by atoms with van der Waals surface area (Å²) in [6.45, 7) is 3.19. The first-order valence-corrected chi connectivity index (χ1v) is 7.20. The molecule has 0 spiro atoms. The molecule has 1 aliphatic heterocycles. The topological polar surface area (TPSA) is 107 Å². The lowest BCUT2D eigenvalue weighted by Gasteiger charge is -2.25. The molecule has 0 aromatic carbocycles. The highest BCUT2D eigenvalue weighted by atomic mass is 16.5. The molecule has 0 bridgehead atoms. The Morgan fingerprint density at radius 2 is 2.00 bits per heavy atom. The molecule has 0 aliphatic carbocycles. The zero-order chi connectivity index (χ0) is 17.0. The lowest BCUT2D eigenvalue weighted by Crippen LogP contribution is -2.38. The average molecular weight is 318 g/mol. The number of hydrogen-bond acceptors (Lipinski definition) is 5. The average Bonchev–Trinajstić information content (AvgIpc) is 2.64. The Balaban J connectivity index is 0.00000135. The lowest BCUT2D eigenvalue weighted by molar-refractivity contribution is -0.137. The number of ether oxygens (including phenoxy) is 1. The number of aliphatic carboxylic acids is 1. The number of rotatable bonds is 6. The third kappa shape index (κ3) is 10.1. The summed E-state index contributed by atoms with van der Waals surface area (Å²) >= 11 is 0. The number of hydrogen-bond donors (Lipinski definition) is 2. The van der Waals surface area contributed by atoms with E-state index in [0.29, 0.717) is 45.1 Å². The third-order valence-corrected chi connectivity index (χ3v) is 3.10. The van der Waals surface area contributed by atoms with Crippen molar-refractivity contribution in [2.75, 3.05) is 46.9 Å². The highest BCUT2D eigenvalue weighted by molar-refractivity contribution is 5.77. The molecule has 0 aromatic heterocycles. The number of carbonyl (C=O) groups excluding carboxylic acids is 1. The van der Waals surface area contributed by atoms with Crippen LogP contribution in [0.15, 0.2) is 0 Å². The number of amides is 1. The molecule has 0 aromatic rings. The van der Waals surface area contributed by atoms with E-state index in [9.17, 15) is 9.59 Å². The molecule has 1 fully saturated rings. The van der Waals surface area contributed by atoms with Crippen LogP contribution in [0.3, 0.4) is 0 Å². The van der Waals surface area contributed by atoms with E-state index in [2.05, 4.69) is 4.90 Å². The van der Waals surface area contributed by atoms with Gasteiger partial charge in [0.15, 0.2) is 0 Å². The summed E-state index contributed by atoms with van der Waals surface area (Å²) in [5.41, 5.74) is 0. The van der Waals surface area contributed by atoms with Gasteiger partial charge in [0.2, 0.25) is 5.91 Å². The van der Waals surface area contributed by atoms with E-state index in [1.807, 2.05) is 19.0 Å². The molecule has 0 saturated carbocycles. The molecule has 1 atom stereocenters. The van der Waals surface area contributed by atoms with E-state index in [4.69, 9.17) is 19.7 Å². The maximum atomic E-state index is 12.0. The van der Waals surface area contributed by atoms with Gasteiger partial charge in [-0.25, -0.2) is 0 Å². The van der Waals surface area contributed by atoms with Crippen molar-refractivity contribution in [3.05, 3.63) is 0 Å². The second-order valence-corrected chi connectivity index (χ2v) is 5.40. The molecule has 128 valence electrons. The van der Waals surface area contributed by atoms with E-state index in [-0.39, 0.29) is 18.8 Å². The Morgan fingerprint density at radius 1 is 1.36 bits per heavy atom. The van der Waals surface area contributed by atoms with Gasteiger partial charge >= 0.3 is 5.97 Å². The zero-order valence-corrected chi connectivity index (χ0v) is 13.2. The SMILES string of the molecule is CN(C)CC1COCCN(C(=O)CCCC(=O)O)C1.O=CO. The first kappa shape index (κ1) is 20.3. The Kier molecular flexibility index (Phi) is 11.0. The third-order valence-electron chi connectivity index (χ3n) is 3.10. The van der Waals surface area contributed by atoms with Crippen molar-refractivity contribution >= 4 is 18.3 Å². The Morgan fingerprint density at radius 3 is 2.55 bits per heavy atom. The Bertz CT molecular complexity index is 348. The maximum Gasteiger partial charge on any atom is 0.303 e. The predicted octanol–water partition coefficient (Wildman–Crippen LogP) is -0.0213. The fourth-order valence-electron chi connectivity index (χ4n) is 2.28. The minimum absolute atomic E-state index is 0.0375. The van der Waals surface area contributed by atoms with Gasteiger partial charge in [-0.2, -0.15) is 0 Å². The van der Waals surface area contributed by atoms with Crippen LogP contribution in [0, 0.1) is 5.92 Å².